The Morgan fingerprint density at radius 3 is 3.05 bits per heavy atom. The van der Waals surface area contributed by atoms with Gasteiger partial charge in [0.1, 0.15) is 0 Å². The smallest absolute Gasteiger partial charge is 0.241 e. The lowest BCUT2D eigenvalue weighted by atomic mass is 10.1. The molecule has 1 heterocycles. The maximum Gasteiger partial charge on any atom is 0.241 e. The van der Waals surface area contributed by atoms with E-state index in [0.29, 0.717) is 18.9 Å². The van der Waals surface area contributed by atoms with Gasteiger partial charge in [-0.3, -0.25) is 9.69 Å². The summed E-state index contributed by atoms with van der Waals surface area (Å²) in [5, 5.41) is 2.90. The number of nitrogen functional groups attached to an aromatic ring is 1. The fourth-order valence-electron chi connectivity index (χ4n) is 2.33. The van der Waals surface area contributed by atoms with Crippen molar-refractivity contribution in [3.8, 4) is 0 Å². The number of carbonyl (C=O) groups is 1. The van der Waals surface area contributed by atoms with E-state index in [1.165, 1.54) is 0 Å². The van der Waals surface area contributed by atoms with Gasteiger partial charge < -0.3 is 15.8 Å². The van der Waals surface area contributed by atoms with Gasteiger partial charge in [-0.25, -0.2) is 0 Å². The average molecular weight is 263 g/mol. The van der Waals surface area contributed by atoms with Crippen molar-refractivity contribution < 1.29 is 9.53 Å². The molecule has 0 spiro atoms. The molecule has 19 heavy (non-hydrogen) atoms. The molecule has 0 aromatic heterocycles. The number of hydrogen-bond donors (Lipinski definition) is 2. The molecule has 0 radical (unpaired) electrons. The molecule has 5 nitrogen and oxygen atoms in total. The Morgan fingerprint density at radius 2 is 2.37 bits per heavy atom. The predicted molar refractivity (Wildman–Crippen MR) is 75.9 cm³/mol. The molecule has 5 heteroatoms. The molecule has 1 aliphatic rings. The zero-order valence-electron chi connectivity index (χ0n) is 11.4. The van der Waals surface area contributed by atoms with Crippen molar-refractivity contribution in [1.29, 1.82) is 0 Å². The Bertz CT molecular complexity index is 450. The van der Waals surface area contributed by atoms with E-state index in [9.17, 15) is 4.79 Å². The summed E-state index contributed by atoms with van der Waals surface area (Å²) in [6.45, 7) is 6.13. The Labute approximate surface area is 113 Å². The second-order valence-corrected chi connectivity index (χ2v) is 4.95. The molecule has 1 aliphatic heterocycles. The summed E-state index contributed by atoms with van der Waals surface area (Å²) >= 11 is 0. The number of benzene rings is 1. The molecule has 2 atom stereocenters. The first-order valence-electron chi connectivity index (χ1n) is 6.58. The lowest BCUT2D eigenvalue weighted by molar-refractivity contribution is -0.124. The Kier molecular flexibility index (Phi) is 4.39. The minimum Gasteiger partial charge on any atom is -0.399 e. The van der Waals surface area contributed by atoms with E-state index in [1.807, 2.05) is 19.1 Å². The zero-order valence-corrected chi connectivity index (χ0v) is 11.4. The van der Waals surface area contributed by atoms with Gasteiger partial charge in [-0.1, -0.05) is 6.07 Å². The van der Waals surface area contributed by atoms with Crippen molar-refractivity contribution in [2.75, 3.05) is 30.8 Å². The molecule has 0 bridgehead atoms. The number of nitrogens with two attached hydrogens (primary N) is 1. The van der Waals surface area contributed by atoms with Gasteiger partial charge in [-0.2, -0.15) is 0 Å². The molecule has 1 aromatic carbocycles. The lowest BCUT2D eigenvalue weighted by Gasteiger charge is -2.36. The van der Waals surface area contributed by atoms with Crippen molar-refractivity contribution in [3.63, 3.8) is 0 Å². The van der Waals surface area contributed by atoms with E-state index in [2.05, 4.69) is 17.1 Å². The molecule has 1 fully saturated rings. The van der Waals surface area contributed by atoms with Crippen LogP contribution in [0.5, 0.6) is 0 Å². The highest BCUT2D eigenvalue weighted by Gasteiger charge is 2.28. The van der Waals surface area contributed by atoms with Crippen molar-refractivity contribution in [3.05, 3.63) is 24.3 Å². The summed E-state index contributed by atoms with van der Waals surface area (Å²) < 4.78 is 5.39. The van der Waals surface area contributed by atoms with Gasteiger partial charge in [0.05, 0.1) is 19.3 Å². The fraction of sp³-hybridized carbons (Fsp3) is 0.500. The molecule has 2 unspecified atom stereocenters. The minimum absolute atomic E-state index is 0.0145. The van der Waals surface area contributed by atoms with Crippen LogP contribution in [0.3, 0.4) is 0 Å². The third kappa shape index (κ3) is 3.45. The molecule has 3 N–H and O–H groups in total. The zero-order chi connectivity index (χ0) is 13.8. The molecule has 1 amide bonds. The Hall–Kier alpha value is -1.59. The number of nitrogens with zero attached hydrogens (tertiary/aromatic N) is 1. The SMILES string of the molecule is CC1COCCN1C(C)C(=O)Nc1cccc(N)c1. The van der Waals surface area contributed by atoms with Crippen LogP contribution in [0.2, 0.25) is 0 Å². The van der Waals surface area contributed by atoms with Crippen LogP contribution in [-0.2, 0) is 9.53 Å². The maximum absolute atomic E-state index is 12.2. The number of hydrogen-bond acceptors (Lipinski definition) is 4. The summed E-state index contributed by atoms with van der Waals surface area (Å²) in [4.78, 5) is 14.4. The molecule has 1 aromatic rings. The first-order valence-corrected chi connectivity index (χ1v) is 6.58. The molecule has 104 valence electrons. The van der Waals surface area contributed by atoms with Gasteiger partial charge in [-0.05, 0) is 32.0 Å². The maximum atomic E-state index is 12.2. The van der Waals surface area contributed by atoms with E-state index in [0.717, 1.165) is 12.2 Å². The number of morpholine rings is 1. The van der Waals surface area contributed by atoms with Gasteiger partial charge in [0.15, 0.2) is 0 Å². The lowest BCUT2D eigenvalue weighted by Crippen LogP contribution is -2.52. The first-order chi connectivity index (χ1) is 9.08. The van der Waals surface area contributed by atoms with E-state index in [-0.39, 0.29) is 18.0 Å². The quantitative estimate of drug-likeness (QED) is 0.807. The third-order valence-electron chi connectivity index (χ3n) is 3.45. The summed E-state index contributed by atoms with van der Waals surface area (Å²) in [5.41, 5.74) is 7.07. The highest BCUT2D eigenvalue weighted by atomic mass is 16.5. The van der Waals surface area contributed by atoms with Crippen molar-refractivity contribution in [1.82, 2.24) is 4.90 Å². The number of carbonyl (C=O) groups excluding carboxylic acids is 1. The van der Waals surface area contributed by atoms with Gasteiger partial charge in [0.25, 0.3) is 0 Å². The molecular weight excluding hydrogens is 242 g/mol. The van der Waals surface area contributed by atoms with Gasteiger partial charge in [0, 0.05) is 24.0 Å². The number of ether oxygens (including phenoxy) is 1. The highest BCUT2D eigenvalue weighted by Crippen LogP contribution is 2.15. The van der Waals surface area contributed by atoms with Crippen LogP contribution in [0.1, 0.15) is 13.8 Å². The van der Waals surface area contributed by atoms with Gasteiger partial charge in [0.2, 0.25) is 5.91 Å². The van der Waals surface area contributed by atoms with Crippen LogP contribution in [0.4, 0.5) is 11.4 Å². The number of rotatable bonds is 3. The summed E-state index contributed by atoms with van der Waals surface area (Å²) in [6.07, 6.45) is 0. The van der Waals surface area contributed by atoms with E-state index in [1.54, 1.807) is 12.1 Å². The average Bonchev–Trinajstić information content (AvgIpc) is 2.38. The van der Waals surface area contributed by atoms with Crippen LogP contribution in [-0.4, -0.2) is 42.6 Å². The summed E-state index contributed by atoms with van der Waals surface area (Å²) in [7, 11) is 0. The Balaban J connectivity index is 1.99. The summed E-state index contributed by atoms with van der Waals surface area (Å²) in [6, 6.07) is 7.29. The van der Waals surface area contributed by atoms with Crippen LogP contribution >= 0.6 is 0 Å². The Morgan fingerprint density at radius 1 is 1.58 bits per heavy atom. The topological polar surface area (TPSA) is 67.6 Å². The van der Waals surface area contributed by atoms with Crippen LogP contribution in [0.15, 0.2) is 24.3 Å². The molecule has 2 rings (SSSR count). The molecule has 0 aliphatic carbocycles. The standard InChI is InChI=1S/C14H21N3O2/c1-10-9-19-7-6-17(10)11(2)14(18)16-13-5-3-4-12(15)8-13/h3-5,8,10-11H,6-7,9,15H2,1-2H3,(H,16,18). The number of amides is 1. The van der Waals surface area contributed by atoms with Crippen LogP contribution in [0, 0.1) is 0 Å². The van der Waals surface area contributed by atoms with Crippen molar-refractivity contribution in [2.24, 2.45) is 0 Å². The second-order valence-electron chi connectivity index (χ2n) is 4.95. The van der Waals surface area contributed by atoms with Gasteiger partial charge in [-0.15, -0.1) is 0 Å². The first kappa shape index (κ1) is 13.8. The van der Waals surface area contributed by atoms with Gasteiger partial charge >= 0.3 is 0 Å². The molecular formula is C14H21N3O2. The highest BCUT2D eigenvalue weighted by molar-refractivity contribution is 5.94. The van der Waals surface area contributed by atoms with E-state index >= 15 is 0 Å². The van der Waals surface area contributed by atoms with E-state index < -0.39 is 0 Å². The largest absolute Gasteiger partial charge is 0.399 e. The molecule has 1 saturated heterocycles. The number of nitrogens with one attached hydrogen (secondary N) is 1. The minimum atomic E-state index is -0.180. The summed E-state index contributed by atoms with van der Waals surface area (Å²) in [5.74, 6) is -0.0145. The fourth-order valence-corrected chi connectivity index (χ4v) is 2.33. The van der Waals surface area contributed by atoms with Crippen LogP contribution in [0.25, 0.3) is 0 Å². The van der Waals surface area contributed by atoms with E-state index in [4.69, 9.17) is 10.5 Å². The van der Waals surface area contributed by atoms with Crippen LogP contribution < -0.4 is 11.1 Å². The number of anilines is 2. The van der Waals surface area contributed by atoms with Crippen molar-refractivity contribution >= 4 is 17.3 Å². The predicted octanol–water partition coefficient (Wildman–Crippen LogP) is 1.32. The third-order valence-corrected chi connectivity index (χ3v) is 3.45. The second kappa shape index (κ2) is 6.04. The van der Waals surface area contributed by atoms with Crippen molar-refractivity contribution in [2.45, 2.75) is 25.9 Å². The normalized spacial score (nSPS) is 21.9. The molecule has 0 saturated carbocycles. The monoisotopic (exact) mass is 263 g/mol.